The molecule has 19 heavy (non-hydrogen) atoms. The van der Waals surface area contributed by atoms with Crippen LogP contribution in [0.2, 0.25) is 0 Å². The van der Waals surface area contributed by atoms with Crippen molar-refractivity contribution in [3.8, 4) is 17.4 Å². The number of hydrogen-bond donors (Lipinski definition) is 1. The Hall–Kier alpha value is -2.07. The summed E-state index contributed by atoms with van der Waals surface area (Å²) < 4.78 is 11.0. The van der Waals surface area contributed by atoms with Crippen LogP contribution in [0.4, 0.5) is 0 Å². The molecule has 4 nitrogen and oxygen atoms in total. The van der Waals surface area contributed by atoms with E-state index in [-0.39, 0.29) is 0 Å². The van der Waals surface area contributed by atoms with Gasteiger partial charge in [0.15, 0.2) is 0 Å². The largest absolute Gasteiger partial charge is 0.494 e. The van der Waals surface area contributed by atoms with Crippen LogP contribution in [-0.4, -0.2) is 16.7 Å². The topological polar surface area (TPSA) is 51.6 Å². The number of rotatable bonds is 5. The molecular weight excluding hydrogens is 242 g/mol. The molecule has 0 aliphatic heterocycles. The van der Waals surface area contributed by atoms with Gasteiger partial charge in [-0.2, -0.15) is 0 Å². The Morgan fingerprint density at radius 3 is 2.47 bits per heavy atom. The van der Waals surface area contributed by atoms with Crippen molar-refractivity contribution < 1.29 is 14.6 Å². The minimum absolute atomic E-state index is 0.418. The Bertz CT molecular complexity index is 523. The molecule has 2 aromatic rings. The fraction of sp³-hybridized carbons (Fsp3) is 0.267. The molecule has 1 aromatic carbocycles. The summed E-state index contributed by atoms with van der Waals surface area (Å²) in [7, 11) is 0. The summed E-state index contributed by atoms with van der Waals surface area (Å²) in [5.74, 6) is 1.87. The van der Waals surface area contributed by atoms with Crippen LogP contribution < -0.4 is 9.47 Å². The Labute approximate surface area is 112 Å². The van der Waals surface area contributed by atoms with Crippen molar-refractivity contribution in [2.75, 3.05) is 6.61 Å². The van der Waals surface area contributed by atoms with Crippen LogP contribution in [-0.2, 0) is 0 Å². The number of benzene rings is 1. The second-order valence-electron chi connectivity index (χ2n) is 4.08. The maximum Gasteiger partial charge on any atom is 0.225 e. The molecule has 0 saturated heterocycles. The number of nitrogens with zero attached hydrogens (tertiary/aromatic N) is 1. The lowest BCUT2D eigenvalue weighted by atomic mass is 10.2. The van der Waals surface area contributed by atoms with E-state index in [1.807, 2.05) is 31.2 Å². The fourth-order valence-electron chi connectivity index (χ4n) is 1.69. The SMILES string of the molecule is CCOc1ccc(Oc2ncccc2[C@H](C)O)cc1. The lowest BCUT2D eigenvalue weighted by Gasteiger charge is -2.11. The van der Waals surface area contributed by atoms with E-state index in [0.29, 0.717) is 23.8 Å². The second kappa shape index (κ2) is 6.20. The Kier molecular flexibility index (Phi) is 4.36. The zero-order valence-electron chi connectivity index (χ0n) is 11.0. The van der Waals surface area contributed by atoms with Crippen LogP contribution in [0.1, 0.15) is 25.5 Å². The van der Waals surface area contributed by atoms with Gasteiger partial charge in [-0.05, 0) is 50.2 Å². The van der Waals surface area contributed by atoms with Gasteiger partial charge >= 0.3 is 0 Å². The monoisotopic (exact) mass is 259 g/mol. The first-order valence-electron chi connectivity index (χ1n) is 6.24. The fourth-order valence-corrected chi connectivity index (χ4v) is 1.69. The van der Waals surface area contributed by atoms with Gasteiger partial charge in [0.2, 0.25) is 5.88 Å². The van der Waals surface area contributed by atoms with Crippen LogP contribution in [0, 0.1) is 0 Å². The van der Waals surface area contributed by atoms with Gasteiger partial charge in [0.25, 0.3) is 0 Å². The molecule has 0 unspecified atom stereocenters. The minimum atomic E-state index is -0.619. The Balaban J connectivity index is 2.17. The molecule has 0 aliphatic carbocycles. The van der Waals surface area contributed by atoms with Gasteiger partial charge in [-0.3, -0.25) is 0 Å². The van der Waals surface area contributed by atoms with E-state index < -0.39 is 6.10 Å². The molecule has 4 heteroatoms. The van der Waals surface area contributed by atoms with Crippen molar-refractivity contribution in [2.45, 2.75) is 20.0 Å². The summed E-state index contributed by atoms with van der Waals surface area (Å²) in [5, 5.41) is 9.66. The summed E-state index contributed by atoms with van der Waals surface area (Å²) in [5.41, 5.74) is 0.663. The smallest absolute Gasteiger partial charge is 0.225 e. The molecular formula is C15H17NO3. The normalized spacial score (nSPS) is 11.9. The molecule has 0 saturated carbocycles. The molecule has 0 radical (unpaired) electrons. The van der Waals surface area contributed by atoms with Gasteiger partial charge < -0.3 is 14.6 Å². The van der Waals surface area contributed by atoms with Gasteiger partial charge in [0.05, 0.1) is 12.7 Å². The first kappa shape index (κ1) is 13.4. The van der Waals surface area contributed by atoms with E-state index in [0.717, 1.165) is 5.75 Å². The summed E-state index contributed by atoms with van der Waals surface area (Å²) in [6.45, 7) is 4.25. The third-order valence-corrected chi connectivity index (χ3v) is 2.60. The lowest BCUT2D eigenvalue weighted by Crippen LogP contribution is -1.98. The summed E-state index contributed by atoms with van der Waals surface area (Å²) in [6.07, 6.45) is 1.02. The predicted molar refractivity (Wildman–Crippen MR) is 72.6 cm³/mol. The van der Waals surface area contributed by atoms with E-state index in [2.05, 4.69) is 4.98 Å². The van der Waals surface area contributed by atoms with Gasteiger partial charge in [-0.1, -0.05) is 0 Å². The molecule has 1 N–H and O–H groups in total. The van der Waals surface area contributed by atoms with Crippen molar-refractivity contribution in [1.82, 2.24) is 4.98 Å². The first-order valence-corrected chi connectivity index (χ1v) is 6.24. The summed E-state index contributed by atoms with van der Waals surface area (Å²) in [6, 6.07) is 10.9. The highest BCUT2D eigenvalue weighted by molar-refractivity contribution is 5.36. The van der Waals surface area contributed by atoms with Crippen molar-refractivity contribution in [3.05, 3.63) is 48.2 Å². The van der Waals surface area contributed by atoms with Gasteiger partial charge in [-0.15, -0.1) is 0 Å². The average Bonchev–Trinajstić information content (AvgIpc) is 2.42. The number of aliphatic hydroxyl groups is 1. The molecule has 1 aromatic heterocycles. The first-order chi connectivity index (χ1) is 9.20. The van der Waals surface area contributed by atoms with Crippen molar-refractivity contribution in [1.29, 1.82) is 0 Å². The summed E-state index contributed by atoms with van der Waals surface area (Å²) in [4.78, 5) is 4.14. The third-order valence-electron chi connectivity index (χ3n) is 2.60. The minimum Gasteiger partial charge on any atom is -0.494 e. The van der Waals surface area contributed by atoms with E-state index in [9.17, 15) is 5.11 Å². The zero-order chi connectivity index (χ0) is 13.7. The van der Waals surface area contributed by atoms with E-state index in [1.54, 1.807) is 25.3 Å². The van der Waals surface area contributed by atoms with Crippen LogP contribution in [0.5, 0.6) is 17.4 Å². The maximum absolute atomic E-state index is 9.66. The number of aliphatic hydroxyl groups excluding tert-OH is 1. The number of pyridine rings is 1. The van der Waals surface area contributed by atoms with Crippen molar-refractivity contribution in [3.63, 3.8) is 0 Å². The van der Waals surface area contributed by atoms with Crippen molar-refractivity contribution in [2.24, 2.45) is 0 Å². The Morgan fingerprint density at radius 1 is 1.16 bits per heavy atom. The lowest BCUT2D eigenvalue weighted by molar-refractivity contribution is 0.194. The standard InChI is InChI=1S/C15H17NO3/c1-3-18-12-6-8-13(9-7-12)19-15-14(11(2)17)5-4-10-16-15/h4-11,17H,3H2,1-2H3/t11-/m0/s1. The zero-order valence-corrected chi connectivity index (χ0v) is 11.0. The van der Waals surface area contributed by atoms with Crippen LogP contribution in [0.3, 0.4) is 0 Å². The molecule has 100 valence electrons. The molecule has 2 rings (SSSR count). The number of aromatic nitrogens is 1. The molecule has 0 spiro atoms. The van der Waals surface area contributed by atoms with Crippen LogP contribution in [0.25, 0.3) is 0 Å². The predicted octanol–water partition coefficient (Wildman–Crippen LogP) is 3.33. The highest BCUT2D eigenvalue weighted by atomic mass is 16.5. The van der Waals surface area contributed by atoms with Gasteiger partial charge in [-0.25, -0.2) is 4.98 Å². The molecule has 1 atom stereocenters. The van der Waals surface area contributed by atoms with Gasteiger partial charge in [0.1, 0.15) is 11.5 Å². The highest BCUT2D eigenvalue weighted by Crippen LogP contribution is 2.28. The number of ether oxygens (including phenoxy) is 2. The molecule has 1 heterocycles. The molecule has 0 amide bonds. The van der Waals surface area contributed by atoms with E-state index >= 15 is 0 Å². The van der Waals surface area contributed by atoms with E-state index in [4.69, 9.17) is 9.47 Å². The number of hydrogen-bond acceptors (Lipinski definition) is 4. The average molecular weight is 259 g/mol. The van der Waals surface area contributed by atoms with Gasteiger partial charge in [0, 0.05) is 11.8 Å². The molecule has 0 bridgehead atoms. The summed E-state index contributed by atoms with van der Waals surface area (Å²) >= 11 is 0. The maximum atomic E-state index is 9.66. The second-order valence-corrected chi connectivity index (χ2v) is 4.08. The third kappa shape index (κ3) is 3.45. The van der Waals surface area contributed by atoms with Crippen LogP contribution in [0.15, 0.2) is 42.6 Å². The quantitative estimate of drug-likeness (QED) is 0.894. The van der Waals surface area contributed by atoms with Crippen molar-refractivity contribution >= 4 is 0 Å². The van der Waals surface area contributed by atoms with Crippen LogP contribution >= 0.6 is 0 Å². The molecule has 0 fully saturated rings. The Morgan fingerprint density at radius 2 is 1.84 bits per heavy atom. The molecule has 0 aliphatic rings. The van der Waals surface area contributed by atoms with E-state index in [1.165, 1.54) is 0 Å². The highest BCUT2D eigenvalue weighted by Gasteiger charge is 2.10.